The lowest BCUT2D eigenvalue weighted by molar-refractivity contribution is -0.118. The summed E-state index contributed by atoms with van der Waals surface area (Å²) in [7, 11) is 1.58. The highest BCUT2D eigenvalue weighted by Crippen LogP contribution is 2.27. The summed E-state index contributed by atoms with van der Waals surface area (Å²) in [6, 6.07) is 17.9. The molecule has 1 N–H and O–H groups in total. The molecule has 1 aliphatic rings. The fourth-order valence-corrected chi connectivity index (χ4v) is 3.78. The van der Waals surface area contributed by atoms with E-state index in [0.29, 0.717) is 17.3 Å². The van der Waals surface area contributed by atoms with E-state index in [-0.39, 0.29) is 12.5 Å². The molecule has 33 heavy (non-hydrogen) atoms. The number of carbonyl (C=O) groups is 1. The number of aromatic nitrogens is 2. The number of hydrogen-bond acceptors (Lipinski definition) is 7. The van der Waals surface area contributed by atoms with Crippen LogP contribution in [0.2, 0.25) is 0 Å². The summed E-state index contributed by atoms with van der Waals surface area (Å²) in [6.07, 6.45) is 1.48. The number of carbonyl (C=O) groups excluding carboxylic acids is 1. The van der Waals surface area contributed by atoms with Crippen molar-refractivity contribution < 1.29 is 14.3 Å². The Morgan fingerprint density at radius 2 is 1.79 bits per heavy atom. The molecule has 0 radical (unpaired) electrons. The van der Waals surface area contributed by atoms with Gasteiger partial charge in [0.05, 0.1) is 7.11 Å². The molecule has 2 aromatic carbocycles. The van der Waals surface area contributed by atoms with Gasteiger partial charge in [-0.3, -0.25) is 9.69 Å². The predicted octanol–water partition coefficient (Wildman–Crippen LogP) is 3.13. The molecule has 1 aliphatic heterocycles. The number of amides is 1. The van der Waals surface area contributed by atoms with Crippen LogP contribution >= 0.6 is 0 Å². The Balaban J connectivity index is 1.29. The second-order valence-corrected chi connectivity index (χ2v) is 8.00. The zero-order chi connectivity index (χ0) is 23.0. The summed E-state index contributed by atoms with van der Waals surface area (Å²) >= 11 is 0. The van der Waals surface area contributed by atoms with E-state index in [0.717, 1.165) is 44.1 Å². The Kier molecular flexibility index (Phi) is 7.36. The summed E-state index contributed by atoms with van der Waals surface area (Å²) in [6.45, 7) is 6.41. The second-order valence-electron chi connectivity index (χ2n) is 8.00. The van der Waals surface area contributed by atoms with Crippen molar-refractivity contribution in [2.24, 2.45) is 0 Å². The highest BCUT2D eigenvalue weighted by molar-refractivity contribution is 5.91. The van der Waals surface area contributed by atoms with E-state index >= 15 is 0 Å². The summed E-state index contributed by atoms with van der Waals surface area (Å²) in [5.74, 6) is 2.08. The van der Waals surface area contributed by atoms with Gasteiger partial charge in [0.1, 0.15) is 18.0 Å². The molecule has 0 aliphatic carbocycles. The Labute approximate surface area is 194 Å². The topological polar surface area (TPSA) is 79.8 Å². The molecule has 8 heteroatoms. The van der Waals surface area contributed by atoms with Gasteiger partial charge in [0.25, 0.3) is 5.91 Å². The van der Waals surface area contributed by atoms with Crippen LogP contribution in [-0.2, 0) is 11.3 Å². The van der Waals surface area contributed by atoms with Crippen molar-refractivity contribution in [2.45, 2.75) is 13.5 Å². The molecule has 1 fully saturated rings. The van der Waals surface area contributed by atoms with Crippen LogP contribution in [0.3, 0.4) is 0 Å². The number of hydrogen-bond donors (Lipinski definition) is 1. The second kappa shape index (κ2) is 10.8. The van der Waals surface area contributed by atoms with E-state index < -0.39 is 0 Å². The van der Waals surface area contributed by atoms with Crippen molar-refractivity contribution in [3.05, 3.63) is 72.1 Å². The van der Waals surface area contributed by atoms with Crippen molar-refractivity contribution in [2.75, 3.05) is 50.1 Å². The van der Waals surface area contributed by atoms with Crippen LogP contribution in [0.5, 0.6) is 11.5 Å². The Morgan fingerprint density at radius 3 is 2.55 bits per heavy atom. The number of methoxy groups -OCH3 is 1. The first-order chi connectivity index (χ1) is 16.1. The number of nitrogens with one attached hydrogen (secondary N) is 1. The molecule has 0 bridgehead atoms. The maximum atomic E-state index is 12.4. The largest absolute Gasteiger partial charge is 0.493 e. The molecule has 172 valence electrons. The van der Waals surface area contributed by atoms with E-state index in [2.05, 4.69) is 49.4 Å². The van der Waals surface area contributed by atoms with Crippen molar-refractivity contribution in [1.82, 2.24) is 14.9 Å². The lowest BCUT2D eigenvalue weighted by Crippen LogP contribution is -2.46. The van der Waals surface area contributed by atoms with Gasteiger partial charge in [-0.1, -0.05) is 36.4 Å². The maximum absolute atomic E-state index is 12.4. The standard InChI is InChI=1S/C25H29N5O3/c1-19-8-9-21(22(14-19)32-2)33-17-25(31)28-23-15-24(27-18-26-23)30-12-10-29(11-13-30)16-20-6-4-3-5-7-20/h3-9,14-15,18H,10-13,16-17H2,1-2H3,(H,26,27,28,31). The first-order valence-corrected chi connectivity index (χ1v) is 11.0. The monoisotopic (exact) mass is 447 g/mol. The van der Waals surface area contributed by atoms with Crippen molar-refractivity contribution in [1.29, 1.82) is 0 Å². The molecular weight excluding hydrogens is 418 g/mol. The van der Waals surface area contributed by atoms with Gasteiger partial charge in [0.15, 0.2) is 18.1 Å². The van der Waals surface area contributed by atoms with Crippen molar-refractivity contribution in [3.63, 3.8) is 0 Å². The van der Waals surface area contributed by atoms with E-state index in [1.807, 2.05) is 25.1 Å². The van der Waals surface area contributed by atoms with E-state index in [9.17, 15) is 4.79 Å². The van der Waals surface area contributed by atoms with Crippen LogP contribution in [0.1, 0.15) is 11.1 Å². The number of anilines is 2. The van der Waals surface area contributed by atoms with Crippen LogP contribution in [-0.4, -0.2) is 60.7 Å². The molecule has 1 aromatic heterocycles. The van der Waals surface area contributed by atoms with Gasteiger partial charge in [-0.05, 0) is 30.2 Å². The molecule has 2 heterocycles. The molecule has 0 unspecified atom stereocenters. The third-order valence-electron chi connectivity index (χ3n) is 5.54. The maximum Gasteiger partial charge on any atom is 0.263 e. The van der Waals surface area contributed by atoms with Crippen LogP contribution in [0, 0.1) is 6.92 Å². The molecular formula is C25H29N5O3. The van der Waals surface area contributed by atoms with Gasteiger partial charge in [-0.15, -0.1) is 0 Å². The highest BCUT2D eigenvalue weighted by atomic mass is 16.5. The number of aryl methyl sites for hydroxylation is 1. The predicted molar refractivity (Wildman–Crippen MR) is 128 cm³/mol. The fourth-order valence-electron chi connectivity index (χ4n) is 3.78. The smallest absolute Gasteiger partial charge is 0.263 e. The van der Waals surface area contributed by atoms with Gasteiger partial charge >= 0.3 is 0 Å². The third-order valence-corrected chi connectivity index (χ3v) is 5.54. The average Bonchev–Trinajstić information content (AvgIpc) is 2.84. The highest BCUT2D eigenvalue weighted by Gasteiger charge is 2.19. The van der Waals surface area contributed by atoms with Crippen LogP contribution in [0.4, 0.5) is 11.6 Å². The van der Waals surface area contributed by atoms with Gasteiger partial charge in [0.2, 0.25) is 0 Å². The van der Waals surface area contributed by atoms with E-state index in [4.69, 9.17) is 9.47 Å². The minimum atomic E-state index is -0.296. The fraction of sp³-hybridized carbons (Fsp3) is 0.320. The summed E-state index contributed by atoms with van der Waals surface area (Å²) < 4.78 is 10.9. The number of nitrogens with zero attached hydrogens (tertiary/aromatic N) is 4. The summed E-state index contributed by atoms with van der Waals surface area (Å²) in [5, 5.41) is 2.79. The van der Waals surface area contributed by atoms with Crippen LogP contribution in [0.25, 0.3) is 0 Å². The minimum Gasteiger partial charge on any atom is -0.493 e. The first kappa shape index (κ1) is 22.5. The third kappa shape index (κ3) is 6.20. The molecule has 4 rings (SSSR count). The SMILES string of the molecule is COc1cc(C)ccc1OCC(=O)Nc1cc(N2CCN(Cc3ccccc3)CC2)ncn1. The van der Waals surface area contributed by atoms with Crippen LogP contribution in [0.15, 0.2) is 60.9 Å². The zero-order valence-corrected chi connectivity index (χ0v) is 19.0. The van der Waals surface area contributed by atoms with Crippen molar-refractivity contribution >= 4 is 17.5 Å². The molecule has 8 nitrogen and oxygen atoms in total. The number of rotatable bonds is 8. The molecule has 0 spiro atoms. The lowest BCUT2D eigenvalue weighted by atomic mass is 10.2. The number of benzene rings is 2. The Bertz CT molecular complexity index is 1070. The van der Waals surface area contributed by atoms with Gasteiger partial charge < -0.3 is 19.7 Å². The van der Waals surface area contributed by atoms with Crippen molar-refractivity contribution in [3.8, 4) is 11.5 Å². The molecule has 0 atom stereocenters. The number of ether oxygens (including phenoxy) is 2. The van der Waals surface area contributed by atoms with E-state index in [1.165, 1.54) is 11.9 Å². The summed E-state index contributed by atoms with van der Waals surface area (Å²) in [4.78, 5) is 25.6. The molecule has 1 saturated heterocycles. The minimum absolute atomic E-state index is 0.142. The average molecular weight is 448 g/mol. The normalized spacial score (nSPS) is 14.1. The van der Waals surface area contributed by atoms with Gasteiger partial charge in [-0.2, -0.15) is 0 Å². The van der Waals surface area contributed by atoms with Gasteiger partial charge in [-0.25, -0.2) is 9.97 Å². The van der Waals surface area contributed by atoms with E-state index in [1.54, 1.807) is 19.2 Å². The van der Waals surface area contributed by atoms with Crippen LogP contribution < -0.4 is 19.7 Å². The zero-order valence-electron chi connectivity index (χ0n) is 19.0. The Hall–Kier alpha value is -3.65. The quantitative estimate of drug-likeness (QED) is 0.568. The summed E-state index contributed by atoms with van der Waals surface area (Å²) in [5.41, 5.74) is 2.38. The lowest BCUT2D eigenvalue weighted by Gasteiger charge is -2.35. The van der Waals surface area contributed by atoms with Gasteiger partial charge in [0, 0.05) is 38.8 Å². The molecule has 3 aromatic rings. The molecule has 1 amide bonds. The number of piperazine rings is 1. The Morgan fingerprint density at radius 1 is 1.00 bits per heavy atom. The first-order valence-electron chi connectivity index (χ1n) is 11.0. The molecule has 0 saturated carbocycles.